The van der Waals surface area contributed by atoms with Gasteiger partial charge in [0.2, 0.25) is 0 Å². The molecule has 0 bridgehead atoms. The van der Waals surface area contributed by atoms with Crippen molar-refractivity contribution in [2.45, 2.75) is 39.8 Å². The number of aryl methyl sites for hydroxylation is 1. The predicted molar refractivity (Wildman–Crippen MR) is 75.9 cm³/mol. The summed E-state index contributed by atoms with van der Waals surface area (Å²) in [6.07, 6.45) is -0.765. The molecule has 6 nitrogen and oxygen atoms in total. The van der Waals surface area contributed by atoms with E-state index in [4.69, 9.17) is 4.74 Å². The molecule has 0 heterocycles. The van der Waals surface area contributed by atoms with Crippen LogP contribution in [0.25, 0.3) is 0 Å². The third kappa shape index (κ3) is 6.60. The third-order valence-corrected chi connectivity index (χ3v) is 2.37. The Balaban J connectivity index is 2.34. The summed E-state index contributed by atoms with van der Waals surface area (Å²) < 4.78 is 18.3. The molecule has 3 N–H and O–H groups in total. The van der Waals surface area contributed by atoms with E-state index in [1.54, 1.807) is 39.8 Å². The van der Waals surface area contributed by atoms with Gasteiger partial charge in [-0.05, 0) is 44.9 Å². The molecule has 1 rings (SSSR count). The number of hydrogen-bond acceptors (Lipinski definition) is 3. The second kappa shape index (κ2) is 6.92. The Morgan fingerprint density at radius 3 is 2.48 bits per heavy atom. The number of hydrazine groups is 1. The van der Waals surface area contributed by atoms with Crippen LogP contribution >= 0.6 is 0 Å². The molecule has 3 amide bonds. The number of carbonyl (C=O) groups excluding carboxylic acids is 2. The fourth-order valence-electron chi connectivity index (χ4n) is 1.38. The number of benzene rings is 1. The summed E-state index contributed by atoms with van der Waals surface area (Å²) in [6.45, 7) is 6.92. The number of amides is 3. The van der Waals surface area contributed by atoms with Crippen LogP contribution in [-0.4, -0.2) is 17.7 Å². The van der Waals surface area contributed by atoms with Crippen molar-refractivity contribution < 1.29 is 18.7 Å². The molecule has 0 aliphatic rings. The summed E-state index contributed by atoms with van der Waals surface area (Å²) >= 11 is 0. The third-order valence-electron chi connectivity index (χ3n) is 2.37. The average Bonchev–Trinajstić information content (AvgIpc) is 2.36. The summed E-state index contributed by atoms with van der Waals surface area (Å²) in [5, 5.41) is 2.48. The molecule has 116 valence electrons. The number of urea groups is 1. The van der Waals surface area contributed by atoms with Crippen LogP contribution in [0.3, 0.4) is 0 Å². The van der Waals surface area contributed by atoms with Gasteiger partial charge in [-0.3, -0.25) is 0 Å². The molecule has 21 heavy (non-hydrogen) atoms. The Morgan fingerprint density at radius 2 is 1.90 bits per heavy atom. The van der Waals surface area contributed by atoms with Crippen LogP contribution in [0.15, 0.2) is 18.2 Å². The maximum atomic E-state index is 13.3. The second-order valence-electron chi connectivity index (χ2n) is 5.52. The van der Waals surface area contributed by atoms with Crippen LogP contribution in [-0.2, 0) is 11.3 Å². The van der Waals surface area contributed by atoms with Crippen LogP contribution in [0.2, 0.25) is 0 Å². The quantitative estimate of drug-likeness (QED) is 0.733. The van der Waals surface area contributed by atoms with Gasteiger partial charge in [0.1, 0.15) is 11.4 Å². The number of ether oxygens (including phenoxy) is 1. The number of hydrogen-bond donors (Lipinski definition) is 3. The van der Waals surface area contributed by atoms with Gasteiger partial charge in [0.05, 0.1) is 0 Å². The van der Waals surface area contributed by atoms with E-state index in [1.807, 2.05) is 0 Å². The molecule has 0 aliphatic carbocycles. The van der Waals surface area contributed by atoms with Crippen LogP contribution in [0, 0.1) is 12.7 Å². The molecule has 0 fully saturated rings. The minimum Gasteiger partial charge on any atom is -0.443 e. The summed E-state index contributed by atoms with van der Waals surface area (Å²) in [5.41, 5.74) is 4.73. The Hall–Kier alpha value is -2.31. The normalized spacial score (nSPS) is 10.7. The SMILES string of the molecule is Cc1ccc(CNC(=O)NNC(=O)OC(C)(C)C)cc1F. The number of nitrogens with one attached hydrogen (secondary N) is 3. The molecule has 0 spiro atoms. The zero-order valence-corrected chi connectivity index (χ0v) is 12.5. The van der Waals surface area contributed by atoms with Crippen molar-refractivity contribution >= 4 is 12.1 Å². The second-order valence-corrected chi connectivity index (χ2v) is 5.52. The maximum absolute atomic E-state index is 13.3. The average molecular weight is 297 g/mol. The Morgan fingerprint density at radius 1 is 1.24 bits per heavy atom. The lowest BCUT2D eigenvalue weighted by atomic mass is 10.1. The maximum Gasteiger partial charge on any atom is 0.426 e. The van der Waals surface area contributed by atoms with Crippen molar-refractivity contribution in [2.75, 3.05) is 0 Å². The summed E-state index contributed by atoms with van der Waals surface area (Å²) in [5.74, 6) is -0.332. The van der Waals surface area contributed by atoms with E-state index >= 15 is 0 Å². The van der Waals surface area contributed by atoms with Crippen molar-refractivity contribution in [3.8, 4) is 0 Å². The molecular formula is C14H20FN3O3. The molecule has 0 saturated heterocycles. The van der Waals surface area contributed by atoms with Crippen molar-refractivity contribution in [3.05, 3.63) is 35.1 Å². The minimum atomic E-state index is -0.765. The first-order valence-corrected chi connectivity index (χ1v) is 6.45. The van der Waals surface area contributed by atoms with E-state index in [2.05, 4.69) is 16.2 Å². The lowest BCUT2D eigenvalue weighted by Crippen LogP contribution is -2.48. The van der Waals surface area contributed by atoms with Gasteiger partial charge in [0.15, 0.2) is 0 Å². The molecule has 0 saturated carbocycles. The standard InChI is InChI=1S/C14H20FN3O3/c1-9-5-6-10(7-11(9)15)8-16-12(19)17-18-13(20)21-14(2,3)4/h5-7H,8H2,1-4H3,(H,18,20)(H2,16,17,19). The topological polar surface area (TPSA) is 79.5 Å². The van der Waals surface area contributed by atoms with Gasteiger partial charge in [-0.25, -0.2) is 24.8 Å². The monoisotopic (exact) mass is 297 g/mol. The first-order valence-electron chi connectivity index (χ1n) is 6.45. The molecule has 0 atom stereocenters. The number of rotatable bonds is 2. The Labute approximate surface area is 123 Å². The van der Waals surface area contributed by atoms with Gasteiger partial charge >= 0.3 is 12.1 Å². The molecule has 7 heteroatoms. The smallest absolute Gasteiger partial charge is 0.426 e. The molecule has 1 aromatic rings. The van der Waals surface area contributed by atoms with E-state index in [0.29, 0.717) is 11.1 Å². The van der Waals surface area contributed by atoms with Crippen LogP contribution < -0.4 is 16.2 Å². The highest BCUT2D eigenvalue weighted by Crippen LogP contribution is 2.08. The highest BCUT2D eigenvalue weighted by Gasteiger charge is 2.16. The van der Waals surface area contributed by atoms with Gasteiger partial charge in [0, 0.05) is 6.54 Å². The van der Waals surface area contributed by atoms with Crippen molar-refractivity contribution in [1.82, 2.24) is 16.2 Å². The van der Waals surface area contributed by atoms with Crippen LogP contribution in [0.4, 0.5) is 14.0 Å². The van der Waals surface area contributed by atoms with E-state index in [1.165, 1.54) is 6.07 Å². The largest absolute Gasteiger partial charge is 0.443 e. The van der Waals surface area contributed by atoms with Gasteiger partial charge in [-0.15, -0.1) is 0 Å². The lowest BCUT2D eigenvalue weighted by molar-refractivity contribution is 0.0505. The first-order chi connectivity index (χ1) is 9.67. The summed E-state index contributed by atoms with van der Waals surface area (Å²) in [7, 11) is 0. The summed E-state index contributed by atoms with van der Waals surface area (Å²) in [6, 6.07) is 4.06. The molecule has 0 unspecified atom stereocenters. The molecular weight excluding hydrogens is 277 g/mol. The fourth-order valence-corrected chi connectivity index (χ4v) is 1.38. The molecule has 0 aliphatic heterocycles. The van der Waals surface area contributed by atoms with E-state index in [0.717, 1.165) is 0 Å². The number of carbonyl (C=O) groups is 2. The van der Waals surface area contributed by atoms with Crippen molar-refractivity contribution in [1.29, 1.82) is 0 Å². The Bertz CT molecular complexity index is 527. The number of halogens is 1. The van der Waals surface area contributed by atoms with Gasteiger partial charge in [-0.2, -0.15) is 0 Å². The van der Waals surface area contributed by atoms with Gasteiger partial charge in [-0.1, -0.05) is 12.1 Å². The minimum absolute atomic E-state index is 0.138. The zero-order valence-electron chi connectivity index (χ0n) is 12.5. The highest BCUT2D eigenvalue weighted by atomic mass is 19.1. The molecule has 0 radical (unpaired) electrons. The van der Waals surface area contributed by atoms with Crippen LogP contribution in [0.1, 0.15) is 31.9 Å². The van der Waals surface area contributed by atoms with Crippen LogP contribution in [0.5, 0.6) is 0 Å². The van der Waals surface area contributed by atoms with E-state index in [-0.39, 0.29) is 12.4 Å². The predicted octanol–water partition coefficient (Wildman–Crippen LogP) is 2.37. The van der Waals surface area contributed by atoms with Gasteiger partial charge in [0.25, 0.3) is 0 Å². The first kappa shape index (κ1) is 16.7. The lowest BCUT2D eigenvalue weighted by Gasteiger charge is -2.19. The van der Waals surface area contributed by atoms with E-state index in [9.17, 15) is 14.0 Å². The van der Waals surface area contributed by atoms with Crippen molar-refractivity contribution in [2.24, 2.45) is 0 Å². The van der Waals surface area contributed by atoms with E-state index < -0.39 is 17.7 Å². The van der Waals surface area contributed by atoms with Gasteiger partial charge < -0.3 is 10.1 Å². The fraction of sp³-hybridized carbons (Fsp3) is 0.429. The molecule has 0 aromatic heterocycles. The summed E-state index contributed by atoms with van der Waals surface area (Å²) in [4.78, 5) is 22.7. The Kier molecular flexibility index (Phi) is 5.52. The molecule has 1 aromatic carbocycles. The zero-order chi connectivity index (χ0) is 16.0. The highest BCUT2D eigenvalue weighted by molar-refractivity contribution is 5.77. The van der Waals surface area contributed by atoms with Crippen molar-refractivity contribution in [3.63, 3.8) is 0 Å².